The normalized spacial score (nSPS) is 12.6. The molecule has 146 valence electrons. The second kappa shape index (κ2) is 9.23. The fourth-order valence-electron chi connectivity index (χ4n) is 2.99. The van der Waals surface area contributed by atoms with Crippen LogP contribution in [-0.2, 0) is 11.2 Å². The first-order valence-electron chi connectivity index (χ1n) is 9.31. The molecule has 0 radical (unpaired) electrons. The third-order valence-corrected chi connectivity index (χ3v) is 4.54. The molecule has 2 rings (SSSR count). The lowest BCUT2D eigenvalue weighted by Crippen LogP contribution is -2.27. The van der Waals surface area contributed by atoms with Gasteiger partial charge in [0.15, 0.2) is 17.3 Å². The van der Waals surface area contributed by atoms with Gasteiger partial charge in [0.1, 0.15) is 5.76 Å². The van der Waals surface area contributed by atoms with Crippen LogP contribution in [0.1, 0.15) is 31.9 Å². The molecule has 0 heterocycles. The third-order valence-electron chi connectivity index (χ3n) is 4.54. The van der Waals surface area contributed by atoms with Gasteiger partial charge < -0.3 is 9.84 Å². The zero-order valence-electron chi connectivity index (χ0n) is 17.0. The first-order valence-corrected chi connectivity index (χ1v) is 9.31. The van der Waals surface area contributed by atoms with Crippen molar-refractivity contribution < 1.29 is 14.6 Å². The zero-order chi connectivity index (χ0) is 20.7. The highest BCUT2D eigenvalue weighted by molar-refractivity contribution is 6.02. The highest BCUT2D eigenvalue weighted by Crippen LogP contribution is 2.31. The molecule has 28 heavy (non-hydrogen) atoms. The van der Waals surface area contributed by atoms with E-state index in [-0.39, 0.29) is 11.5 Å². The van der Waals surface area contributed by atoms with E-state index in [4.69, 9.17) is 4.74 Å². The molecule has 0 aromatic heterocycles. The Morgan fingerprint density at radius 2 is 1.79 bits per heavy atom. The number of phenolic OH excluding ortho intramolecular Hbond substituents is 1. The van der Waals surface area contributed by atoms with Crippen LogP contribution in [0.2, 0.25) is 0 Å². The standard InChI is InChI=1S/C25H28O3/c1-6-21(24(27)25(4,5)17-20-12-8-7-9-13-20)16-15-19(3)28-23-18(2)11-10-14-22(23)26/h6-16,26H,1,17H2,2-5H3. The largest absolute Gasteiger partial charge is 0.504 e. The molecule has 2 aromatic rings. The van der Waals surface area contributed by atoms with Crippen LogP contribution >= 0.6 is 0 Å². The van der Waals surface area contributed by atoms with Gasteiger partial charge in [0.25, 0.3) is 0 Å². The summed E-state index contributed by atoms with van der Waals surface area (Å²) in [6.07, 6.45) is 5.66. The van der Waals surface area contributed by atoms with Crippen molar-refractivity contribution in [2.24, 2.45) is 5.41 Å². The quantitative estimate of drug-likeness (QED) is 0.353. The van der Waals surface area contributed by atoms with Crippen LogP contribution < -0.4 is 4.74 Å². The number of Topliss-reactive ketones (excluding diaryl/α,β-unsaturated/α-hetero) is 1. The smallest absolute Gasteiger partial charge is 0.171 e. The average Bonchev–Trinajstić information content (AvgIpc) is 2.65. The van der Waals surface area contributed by atoms with Crippen molar-refractivity contribution in [2.75, 3.05) is 0 Å². The molecule has 0 amide bonds. The van der Waals surface area contributed by atoms with E-state index < -0.39 is 5.41 Å². The number of para-hydroxylation sites is 1. The number of hydrogen-bond donors (Lipinski definition) is 1. The second-order valence-electron chi connectivity index (χ2n) is 7.50. The Kier molecular flexibility index (Phi) is 7.00. The molecule has 0 fully saturated rings. The summed E-state index contributed by atoms with van der Waals surface area (Å²) in [5.74, 6) is 1.09. The number of carbonyl (C=O) groups is 1. The summed E-state index contributed by atoms with van der Waals surface area (Å²) < 4.78 is 5.75. The highest BCUT2D eigenvalue weighted by atomic mass is 16.5. The van der Waals surface area contributed by atoms with Crippen LogP contribution in [-0.4, -0.2) is 10.9 Å². The Hall–Kier alpha value is -3.07. The van der Waals surface area contributed by atoms with Gasteiger partial charge in [-0.15, -0.1) is 0 Å². The van der Waals surface area contributed by atoms with Gasteiger partial charge in [-0.3, -0.25) is 4.79 Å². The van der Waals surface area contributed by atoms with E-state index in [0.29, 0.717) is 23.5 Å². The number of ketones is 1. The van der Waals surface area contributed by atoms with Crippen molar-refractivity contribution in [3.8, 4) is 11.5 Å². The maximum atomic E-state index is 13.0. The monoisotopic (exact) mass is 376 g/mol. The fraction of sp³-hybridized carbons (Fsp3) is 0.240. The highest BCUT2D eigenvalue weighted by Gasteiger charge is 2.29. The van der Waals surface area contributed by atoms with Gasteiger partial charge in [-0.25, -0.2) is 0 Å². The maximum Gasteiger partial charge on any atom is 0.171 e. The van der Waals surface area contributed by atoms with Crippen LogP contribution in [0, 0.1) is 12.3 Å². The lowest BCUT2D eigenvalue weighted by Gasteiger charge is -2.23. The van der Waals surface area contributed by atoms with Gasteiger partial charge in [0.2, 0.25) is 0 Å². The van der Waals surface area contributed by atoms with Gasteiger partial charge in [-0.05, 0) is 49.6 Å². The van der Waals surface area contributed by atoms with Crippen molar-refractivity contribution in [3.63, 3.8) is 0 Å². The van der Waals surface area contributed by atoms with Gasteiger partial charge >= 0.3 is 0 Å². The molecule has 0 unspecified atom stereocenters. The summed E-state index contributed by atoms with van der Waals surface area (Å²) >= 11 is 0. The lowest BCUT2D eigenvalue weighted by atomic mass is 9.78. The van der Waals surface area contributed by atoms with E-state index in [1.807, 2.05) is 57.2 Å². The molecule has 1 N–H and O–H groups in total. The second-order valence-corrected chi connectivity index (χ2v) is 7.50. The zero-order valence-corrected chi connectivity index (χ0v) is 17.0. The topological polar surface area (TPSA) is 46.5 Å². The third kappa shape index (κ3) is 5.46. The van der Waals surface area contributed by atoms with E-state index in [9.17, 15) is 9.90 Å². The van der Waals surface area contributed by atoms with Gasteiger partial charge in [-0.1, -0.05) is 69.0 Å². The molecule has 0 atom stereocenters. The van der Waals surface area contributed by atoms with Gasteiger partial charge in [0.05, 0.1) is 0 Å². The maximum absolute atomic E-state index is 13.0. The summed E-state index contributed by atoms with van der Waals surface area (Å²) in [6, 6.07) is 15.2. The molecule has 0 bridgehead atoms. The number of aromatic hydroxyl groups is 1. The Morgan fingerprint density at radius 3 is 2.39 bits per heavy atom. The predicted molar refractivity (Wildman–Crippen MR) is 114 cm³/mol. The first kappa shape index (κ1) is 21.2. The molecule has 0 spiro atoms. The Bertz CT molecular complexity index is 882. The minimum Gasteiger partial charge on any atom is -0.504 e. The summed E-state index contributed by atoms with van der Waals surface area (Å²) in [6.45, 7) is 11.3. The SMILES string of the molecule is C=CC(=CC=C(C)Oc1c(C)cccc1O)C(=O)C(C)(C)Cc1ccccc1. The average molecular weight is 376 g/mol. The molecule has 0 aliphatic rings. The first-order chi connectivity index (χ1) is 13.2. The predicted octanol–water partition coefficient (Wildman–Crippen LogP) is 5.93. The van der Waals surface area contributed by atoms with E-state index >= 15 is 0 Å². The summed E-state index contributed by atoms with van der Waals surface area (Å²) in [7, 11) is 0. The summed E-state index contributed by atoms with van der Waals surface area (Å²) in [4.78, 5) is 13.0. The Balaban J connectivity index is 2.18. The van der Waals surface area contributed by atoms with Crippen molar-refractivity contribution in [1.82, 2.24) is 0 Å². The summed E-state index contributed by atoms with van der Waals surface area (Å²) in [5, 5.41) is 9.96. The van der Waals surface area contributed by atoms with Gasteiger partial charge in [-0.2, -0.15) is 0 Å². The van der Waals surface area contributed by atoms with Crippen LogP contribution in [0.15, 0.2) is 84.7 Å². The molecular formula is C25H28O3. The number of phenols is 1. The molecule has 3 heteroatoms. The number of benzene rings is 2. The molecule has 0 aliphatic heterocycles. The summed E-state index contributed by atoms with van der Waals surface area (Å²) in [5.41, 5.74) is 1.92. The minimum atomic E-state index is -0.557. The van der Waals surface area contributed by atoms with Crippen molar-refractivity contribution in [3.05, 3.63) is 95.8 Å². The molecule has 0 saturated carbocycles. The van der Waals surface area contributed by atoms with Crippen molar-refractivity contribution in [2.45, 2.75) is 34.1 Å². The molecular weight excluding hydrogens is 348 g/mol. The van der Waals surface area contributed by atoms with Crippen LogP contribution in [0.5, 0.6) is 11.5 Å². The number of rotatable bonds is 8. The molecule has 0 saturated heterocycles. The minimum absolute atomic E-state index is 0.0224. The lowest BCUT2D eigenvalue weighted by molar-refractivity contribution is -0.122. The molecule has 2 aromatic carbocycles. The number of ether oxygens (including phenoxy) is 1. The molecule has 3 nitrogen and oxygen atoms in total. The van der Waals surface area contributed by atoms with Crippen LogP contribution in [0.25, 0.3) is 0 Å². The van der Waals surface area contributed by atoms with E-state index in [0.717, 1.165) is 11.1 Å². The van der Waals surface area contributed by atoms with Crippen LogP contribution in [0.3, 0.4) is 0 Å². The Labute approximate surface area is 167 Å². The molecule has 0 aliphatic carbocycles. The van der Waals surface area contributed by atoms with Crippen molar-refractivity contribution >= 4 is 5.78 Å². The van der Waals surface area contributed by atoms with Gasteiger partial charge in [0, 0.05) is 11.0 Å². The Morgan fingerprint density at radius 1 is 1.11 bits per heavy atom. The fourth-order valence-corrected chi connectivity index (χ4v) is 2.99. The van der Waals surface area contributed by atoms with E-state index in [1.54, 1.807) is 37.3 Å². The number of hydrogen-bond acceptors (Lipinski definition) is 3. The van der Waals surface area contributed by atoms with Crippen molar-refractivity contribution in [1.29, 1.82) is 0 Å². The number of aryl methyl sites for hydroxylation is 1. The number of allylic oxidation sites excluding steroid dienone is 5. The van der Waals surface area contributed by atoms with E-state index in [1.165, 1.54) is 0 Å². The number of carbonyl (C=O) groups excluding carboxylic acids is 1. The van der Waals surface area contributed by atoms with Crippen LogP contribution in [0.4, 0.5) is 0 Å². The van der Waals surface area contributed by atoms with E-state index in [2.05, 4.69) is 6.58 Å².